The van der Waals surface area contributed by atoms with Crippen molar-refractivity contribution in [3.63, 3.8) is 0 Å². The molecule has 0 atom stereocenters. The van der Waals surface area contributed by atoms with Gasteiger partial charge in [-0.15, -0.1) is 5.10 Å². The summed E-state index contributed by atoms with van der Waals surface area (Å²) in [7, 11) is 1.53. The van der Waals surface area contributed by atoms with Gasteiger partial charge in [0.2, 0.25) is 0 Å². The normalized spacial score (nSPS) is 11.3. The minimum Gasteiger partial charge on any atom is -0.377 e. The second-order valence-electron chi connectivity index (χ2n) is 5.47. The number of nitro groups is 1. The second kappa shape index (κ2) is 6.01. The van der Waals surface area contributed by atoms with Crippen LogP contribution in [0.5, 0.6) is 0 Å². The predicted molar refractivity (Wildman–Crippen MR) is 91.3 cm³/mol. The number of para-hydroxylation sites is 2. The average Bonchev–Trinajstić information content (AvgIpc) is 3.05. The summed E-state index contributed by atoms with van der Waals surface area (Å²) in [6.45, 7) is 0.220. The van der Waals surface area contributed by atoms with Crippen LogP contribution in [0.2, 0.25) is 0 Å². The van der Waals surface area contributed by atoms with Crippen LogP contribution in [-0.4, -0.2) is 36.2 Å². The fourth-order valence-corrected chi connectivity index (χ4v) is 2.76. The van der Waals surface area contributed by atoms with E-state index in [4.69, 9.17) is 4.74 Å². The van der Waals surface area contributed by atoms with Gasteiger partial charge in [0.15, 0.2) is 5.82 Å². The maximum Gasteiger partial charge on any atom is 0.293 e. The Bertz CT molecular complexity index is 1210. The topological polar surface area (TPSA) is 117 Å². The maximum atomic E-state index is 12.9. The highest BCUT2D eigenvalue weighted by Crippen LogP contribution is 2.21. The van der Waals surface area contributed by atoms with E-state index < -0.39 is 10.5 Å². The molecule has 0 saturated carbocycles. The van der Waals surface area contributed by atoms with Crippen molar-refractivity contribution in [1.29, 1.82) is 0 Å². The van der Waals surface area contributed by atoms with Gasteiger partial charge >= 0.3 is 0 Å². The molecule has 10 nitrogen and oxygen atoms in total. The SMILES string of the molecule is COCc1nc2ncc3c(=O)n(-c4ccccc4[N+](=O)[O-])ccc3n2n1. The van der Waals surface area contributed by atoms with Crippen LogP contribution in [0.4, 0.5) is 5.69 Å². The van der Waals surface area contributed by atoms with E-state index in [9.17, 15) is 14.9 Å². The fraction of sp³-hybridized carbons (Fsp3) is 0.125. The van der Waals surface area contributed by atoms with Crippen molar-refractivity contribution in [2.45, 2.75) is 6.61 Å². The third-order valence-electron chi connectivity index (χ3n) is 3.89. The van der Waals surface area contributed by atoms with Crippen LogP contribution in [0.25, 0.3) is 22.4 Å². The highest BCUT2D eigenvalue weighted by atomic mass is 16.6. The van der Waals surface area contributed by atoms with E-state index in [0.717, 1.165) is 0 Å². The lowest BCUT2D eigenvalue weighted by Crippen LogP contribution is -2.19. The molecule has 3 aromatic heterocycles. The largest absolute Gasteiger partial charge is 0.377 e. The molecule has 4 aromatic rings. The molecular formula is C16H12N6O4. The third kappa shape index (κ3) is 2.40. The molecule has 10 heteroatoms. The molecule has 0 bridgehead atoms. The second-order valence-corrected chi connectivity index (χ2v) is 5.47. The molecule has 0 aliphatic heterocycles. The van der Waals surface area contributed by atoms with E-state index in [2.05, 4.69) is 15.1 Å². The summed E-state index contributed by atoms with van der Waals surface area (Å²) in [6.07, 6.45) is 2.87. The van der Waals surface area contributed by atoms with Gasteiger partial charge in [0.05, 0.1) is 15.8 Å². The van der Waals surface area contributed by atoms with Gasteiger partial charge in [0.1, 0.15) is 12.3 Å². The molecule has 0 radical (unpaired) electrons. The zero-order valence-electron chi connectivity index (χ0n) is 13.6. The van der Waals surface area contributed by atoms with E-state index in [-0.39, 0.29) is 23.4 Å². The number of benzene rings is 1. The van der Waals surface area contributed by atoms with Gasteiger partial charge in [-0.3, -0.25) is 19.5 Å². The first-order valence-corrected chi connectivity index (χ1v) is 7.59. The number of rotatable bonds is 4. The van der Waals surface area contributed by atoms with Crippen molar-refractivity contribution in [2.75, 3.05) is 7.11 Å². The van der Waals surface area contributed by atoms with Crippen LogP contribution >= 0.6 is 0 Å². The molecule has 130 valence electrons. The average molecular weight is 352 g/mol. The Hall–Kier alpha value is -3.66. The third-order valence-corrected chi connectivity index (χ3v) is 3.89. The van der Waals surface area contributed by atoms with Crippen LogP contribution in [0.15, 0.2) is 47.5 Å². The number of hydrogen-bond acceptors (Lipinski definition) is 7. The van der Waals surface area contributed by atoms with E-state index in [1.54, 1.807) is 18.2 Å². The first-order valence-electron chi connectivity index (χ1n) is 7.59. The van der Waals surface area contributed by atoms with Crippen LogP contribution < -0.4 is 5.56 Å². The lowest BCUT2D eigenvalue weighted by molar-refractivity contribution is -0.384. The molecule has 0 aliphatic carbocycles. The summed E-state index contributed by atoms with van der Waals surface area (Å²) in [4.78, 5) is 32.0. The van der Waals surface area contributed by atoms with Gasteiger partial charge in [-0.05, 0) is 12.1 Å². The van der Waals surface area contributed by atoms with Crippen molar-refractivity contribution >= 4 is 22.4 Å². The minimum atomic E-state index is -0.526. The molecule has 0 aliphatic rings. The summed E-state index contributed by atoms with van der Waals surface area (Å²) < 4.78 is 7.69. The molecule has 0 saturated heterocycles. The Kier molecular flexibility index (Phi) is 3.66. The Morgan fingerprint density at radius 3 is 2.85 bits per heavy atom. The van der Waals surface area contributed by atoms with Gasteiger partial charge in [0, 0.05) is 25.6 Å². The van der Waals surface area contributed by atoms with E-state index in [1.165, 1.54) is 40.7 Å². The number of ether oxygens (including phenoxy) is 1. The van der Waals surface area contributed by atoms with Crippen LogP contribution in [-0.2, 0) is 11.3 Å². The molecule has 0 N–H and O–H groups in total. The van der Waals surface area contributed by atoms with E-state index in [0.29, 0.717) is 17.1 Å². The molecule has 3 heterocycles. The number of fused-ring (bicyclic) bond motifs is 3. The van der Waals surface area contributed by atoms with E-state index in [1.807, 2.05) is 0 Å². The van der Waals surface area contributed by atoms with Gasteiger partial charge in [0.25, 0.3) is 17.0 Å². The van der Waals surface area contributed by atoms with Gasteiger partial charge < -0.3 is 4.74 Å². The first-order chi connectivity index (χ1) is 12.6. The van der Waals surface area contributed by atoms with Crippen LogP contribution in [0.1, 0.15) is 5.82 Å². The Labute approximate surface area is 145 Å². The molecule has 0 spiro atoms. The Morgan fingerprint density at radius 2 is 2.08 bits per heavy atom. The summed E-state index contributed by atoms with van der Waals surface area (Å²) in [5, 5.41) is 15.8. The quantitative estimate of drug-likeness (QED) is 0.403. The molecule has 0 amide bonds. The fourth-order valence-electron chi connectivity index (χ4n) is 2.76. The smallest absolute Gasteiger partial charge is 0.293 e. The van der Waals surface area contributed by atoms with Crippen molar-refractivity contribution < 1.29 is 9.66 Å². The number of methoxy groups -OCH3 is 1. The highest BCUT2D eigenvalue weighted by molar-refractivity contribution is 5.79. The summed E-state index contributed by atoms with van der Waals surface area (Å²) >= 11 is 0. The summed E-state index contributed by atoms with van der Waals surface area (Å²) in [6, 6.07) is 7.69. The molecule has 26 heavy (non-hydrogen) atoms. The van der Waals surface area contributed by atoms with E-state index >= 15 is 0 Å². The number of pyridine rings is 1. The van der Waals surface area contributed by atoms with Gasteiger partial charge in [-0.2, -0.15) is 9.50 Å². The molecule has 0 unspecified atom stereocenters. The Balaban J connectivity index is 1.98. The minimum absolute atomic E-state index is 0.161. The summed E-state index contributed by atoms with van der Waals surface area (Å²) in [5.74, 6) is 0.780. The molecule has 1 aromatic carbocycles. The first kappa shape index (κ1) is 15.8. The van der Waals surface area contributed by atoms with Crippen molar-refractivity contribution in [3.05, 3.63) is 69.0 Å². The Morgan fingerprint density at radius 1 is 1.27 bits per heavy atom. The number of nitro benzene ring substituents is 1. The van der Waals surface area contributed by atoms with Crippen molar-refractivity contribution in [3.8, 4) is 5.69 Å². The summed E-state index contributed by atoms with van der Waals surface area (Å²) in [5.41, 5.74) is 0.0916. The number of hydrogen-bond donors (Lipinski definition) is 0. The molecular weight excluding hydrogens is 340 g/mol. The van der Waals surface area contributed by atoms with Crippen LogP contribution in [0, 0.1) is 10.1 Å². The molecule has 0 fully saturated rings. The van der Waals surface area contributed by atoms with Gasteiger partial charge in [-0.25, -0.2) is 4.98 Å². The molecule has 4 rings (SSSR count). The van der Waals surface area contributed by atoms with Crippen molar-refractivity contribution in [2.24, 2.45) is 0 Å². The van der Waals surface area contributed by atoms with Crippen LogP contribution in [0.3, 0.4) is 0 Å². The monoisotopic (exact) mass is 352 g/mol. The lowest BCUT2D eigenvalue weighted by Gasteiger charge is -2.08. The highest BCUT2D eigenvalue weighted by Gasteiger charge is 2.17. The standard InChI is InChI=1S/C16H12N6O4/c1-26-9-14-18-16-17-8-10-11(21(16)19-14)6-7-20(15(10)23)12-4-2-3-5-13(12)22(24)25/h2-8H,9H2,1H3. The zero-order chi connectivity index (χ0) is 18.3. The predicted octanol–water partition coefficient (Wildman–Crippen LogP) is 1.48. The lowest BCUT2D eigenvalue weighted by atomic mass is 10.2. The number of aromatic nitrogens is 5. The number of nitrogens with zero attached hydrogens (tertiary/aromatic N) is 6. The maximum absolute atomic E-state index is 12.9. The van der Waals surface area contributed by atoms with Crippen molar-refractivity contribution in [1.82, 2.24) is 24.1 Å². The van der Waals surface area contributed by atoms with Gasteiger partial charge in [-0.1, -0.05) is 12.1 Å². The zero-order valence-corrected chi connectivity index (χ0v) is 13.6.